The van der Waals surface area contributed by atoms with E-state index in [2.05, 4.69) is 25.7 Å². The van der Waals surface area contributed by atoms with Crippen LogP contribution in [0.1, 0.15) is 16.1 Å². The second kappa shape index (κ2) is 6.13. The number of nitrogens with zero attached hydrogens (tertiary/aromatic N) is 2. The fraction of sp³-hybridized carbons (Fsp3) is 0.133. The van der Waals surface area contributed by atoms with Crippen LogP contribution >= 0.6 is 0 Å². The van der Waals surface area contributed by atoms with E-state index in [1.807, 2.05) is 30.3 Å². The minimum atomic E-state index is -0.230. The van der Waals surface area contributed by atoms with E-state index in [0.29, 0.717) is 30.0 Å². The number of aromatic amines is 2. The standard InChI is InChI=1S/C15H16N6O/c16-14-12(11-4-2-1-3-5-11)13(20-21-14)15(22)17-7-6-10-8-18-19-9-10/h1-5,8-9H,6-7H2,(H,17,22)(H,18,19)(H3,16,20,21). The second-order valence-electron chi connectivity index (χ2n) is 4.84. The monoisotopic (exact) mass is 296 g/mol. The number of rotatable bonds is 5. The van der Waals surface area contributed by atoms with Crippen LogP contribution in [0.4, 0.5) is 5.82 Å². The number of nitrogens with two attached hydrogens (primary N) is 1. The van der Waals surface area contributed by atoms with E-state index in [1.165, 1.54) is 0 Å². The highest BCUT2D eigenvalue weighted by atomic mass is 16.1. The molecule has 5 N–H and O–H groups in total. The van der Waals surface area contributed by atoms with Gasteiger partial charge in [-0.2, -0.15) is 10.2 Å². The number of hydrogen-bond donors (Lipinski definition) is 4. The third-order valence-electron chi connectivity index (χ3n) is 3.34. The van der Waals surface area contributed by atoms with Crippen molar-refractivity contribution in [3.05, 3.63) is 54.0 Å². The Labute approximate surface area is 126 Å². The molecule has 0 bridgehead atoms. The van der Waals surface area contributed by atoms with E-state index < -0.39 is 0 Å². The Hall–Kier alpha value is -3.09. The SMILES string of the molecule is Nc1n[nH]c(C(=O)NCCc2cn[nH]c2)c1-c1ccccc1. The Morgan fingerprint density at radius 1 is 1.27 bits per heavy atom. The average molecular weight is 296 g/mol. The summed E-state index contributed by atoms with van der Waals surface area (Å²) in [5.41, 5.74) is 8.77. The van der Waals surface area contributed by atoms with E-state index in [1.54, 1.807) is 12.4 Å². The highest BCUT2D eigenvalue weighted by molar-refractivity contribution is 6.01. The highest BCUT2D eigenvalue weighted by Gasteiger charge is 2.18. The lowest BCUT2D eigenvalue weighted by atomic mass is 10.1. The number of nitrogen functional groups attached to an aromatic ring is 1. The van der Waals surface area contributed by atoms with Gasteiger partial charge in [0.25, 0.3) is 5.91 Å². The van der Waals surface area contributed by atoms with Crippen LogP contribution in [0.3, 0.4) is 0 Å². The molecule has 0 atom stereocenters. The molecule has 0 spiro atoms. The van der Waals surface area contributed by atoms with Crippen molar-refractivity contribution < 1.29 is 4.79 Å². The number of benzene rings is 1. The van der Waals surface area contributed by atoms with Gasteiger partial charge in [-0.25, -0.2) is 0 Å². The molecule has 3 aromatic rings. The Morgan fingerprint density at radius 2 is 2.09 bits per heavy atom. The molecule has 0 fully saturated rings. The van der Waals surface area contributed by atoms with Crippen molar-refractivity contribution >= 4 is 11.7 Å². The van der Waals surface area contributed by atoms with Crippen molar-refractivity contribution in [2.75, 3.05) is 12.3 Å². The van der Waals surface area contributed by atoms with E-state index in [4.69, 9.17) is 5.73 Å². The first-order valence-corrected chi connectivity index (χ1v) is 6.91. The average Bonchev–Trinajstić information content (AvgIpc) is 3.17. The third kappa shape index (κ3) is 2.83. The molecular formula is C15H16N6O. The lowest BCUT2D eigenvalue weighted by molar-refractivity contribution is 0.0950. The van der Waals surface area contributed by atoms with Crippen molar-refractivity contribution in [1.82, 2.24) is 25.7 Å². The number of carbonyl (C=O) groups is 1. The summed E-state index contributed by atoms with van der Waals surface area (Å²) in [5, 5.41) is 16.1. The molecule has 1 aromatic carbocycles. The van der Waals surface area contributed by atoms with Crippen LogP contribution in [-0.4, -0.2) is 32.8 Å². The summed E-state index contributed by atoms with van der Waals surface area (Å²) in [6, 6.07) is 9.47. The summed E-state index contributed by atoms with van der Waals surface area (Å²) in [7, 11) is 0. The lowest BCUT2D eigenvalue weighted by Gasteiger charge is -2.06. The summed E-state index contributed by atoms with van der Waals surface area (Å²) < 4.78 is 0. The van der Waals surface area contributed by atoms with Crippen LogP contribution < -0.4 is 11.1 Å². The quantitative estimate of drug-likeness (QED) is 0.569. The molecule has 0 aliphatic carbocycles. The largest absolute Gasteiger partial charge is 0.382 e. The minimum Gasteiger partial charge on any atom is -0.382 e. The van der Waals surface area contributed by atoms with E-state index >= 15 is 0 Å². The van der Waals surface area contributed by atoms with Crippen LogP contribution in [0.2, 0.25) is 0 Å². The van der Waals surface area contributed by atoms with Crippen molar-refractivity contribution in [1.29, 1.82) is 0 Å². The van der Waals surface area contributed by atoms with Gasteiger partial charge in [-0.1, -0.05) is 30.3 Å². The summed E-state index contributed by atoms with van der Waals surface area (Å²) in [6.45, 7) is 0.505. The molecule has 3 rings (SSSR count). The molecule has 22 heavy (non-hydrogen) atoms. The van der Waals surface area contributed by atoms with Gasteiger partial charge in [0.1, 0.15) is 5.69 Å². The van der Waals surface area contributed by atoms with Gasteiger partial charge in [0.05, 0.1) is 11.8 Å². The molecule has 0 saturated heterocycles. The normalized spacial score (nSPS) is 10.5. The molecular weight excluding hydrogens is 280 g/mol. The third-order valence-corrected chi connectivity index (χ3v) is 3.34. The summed E-state index contributed by atoms with van der Waals surface area (Å²) in [4.78, 5) is 12.3. The smallest absolute Gasteiger partial charge is 0.270 e. The van der Waals surface area contributed by atoms with E-state index in [0.717, 1.165) is 11.1 Å². The van der Waals surface area contributed by atoms with Crippen LogP contribution in [0.15, 0.2) is 42.7 Å². The molecule has 0 saturated carbocycles. The van der Waals surface area contributed by atoms with Crippen LogP contribution in [0, 0.1) is 0 Å². The van der Waals surface area contributed by atoms with Crippen molar-refractivity contribution in [3.8, 4) is 11.1 Å². The van der Waals surface area contributed by atoms with Crippen molar-refractivity contribution in [3.63, 3.8) is 0 Å². The van der Waals surface area contributed by atoms with Gasteiger partial charge in [0.2, 0.25) is 0 Å². The number of aromatic nitrogens is 4. The fourth-order valence-corrected chi connectivity index (χ4v) is 2.24. The van der Waals surface area contributed by atoms with Crippen LogP contribution in [0.5, 0.6) is 0 Å². The molecule has 2 aromatic heterocycles. The molecule has 7 nitrogen and oxygen atoms in total. The molecule has 1 amide bonds. The number of carbonyl (C=O) groups excluding carboxylic acids is 1. The first-order chi connectivity index (χ1) is 10.8. The van der Waals surface area contributed by atoms with Gasteiger partial charge in [-0.05, 0) is 17.5 Å². The summed E-state index contributed by atoms with van der Waals surface area (Å²) in [6.07, 6.45) is 4.23. The van der Waals surface area contributed by atoms with Crippen LogP contribution in [0.25, 0.3) is 11.1 Å². The predicted octanol–water partition coefficient (Wildman–Crippen LogP) is 1.35. The molecule has 2 heterocycles. The van der Waals surface area contributed by atoms with Gasteiger partial charge < -0.3 is 11.1 Å². The predicted molar refractivity (Wildman–Crippen MR) is 83.1 cm³/mol. The molecule has 0 aliphatic heterocycles. The van der Waals surface area contributed by atoms with E-state index in [-0.39, 0.29) is 5.91 Å². The zero-order chi connectivity index (χ0) is 15.4. The Balaban J connectivity index is 1.73. The molecule has 7 heteroatoms. The zero-order valence-electron chi connectivity index (χ0n) is 11.8. The van der Waals surface area contributed by atoms with Crippen LogP contribution in [-0.2, 0) is 6.42 Å². The van der Waals surface area contributed by atoms with Gasteiger partial charge in [-0.15, -0.1) is 0 Å². The Bertz CT molecular complexity index is 748. The maximum Gasteiger partial charge on any atom is 0.270 e. The summed E-state index contributed by atoms with van der Waals surface area (Å²) in [5.74, 6) is 0.0812. The maximum atomic E-state index is 12.3. The van der Waals surface area contributed by atoms with Gasteiger partial charge in [0, 0.05) is 12.7 Å². The molecule has 0 radical (unpaired) electrons. The molecule has 0 unspecified atom stereocenters. The van der Waals surface area contributed by atoms with Crippen molar-refractivity contribution in [2.24, 2.45) is 0 Å². The topological polar surface area (TPSA) is 112 Å². The Morgan fingerprint density at radius 3 is 2.82 bits per heavy atom. The number of anilines is 1. The minimum absolute atomic E-state index is 0.230. The first kappa shape index (κ1) is 13.9. The lowest BCUT2D eigenvalue weighted by Crippen LogP contribution is -2.26. The molecule has 0 aliphatic rings. The summed E-state index contributed by atoms with van der Waals surface area (Å²) >= 11 is 0. The van der Waals surface area contributed by atoms with E-state index in [9.17, 15) is 4.79 Å². The number of hydrogen-bond acceptors (Lipinski definition) is 4. The fourth-order valence-electron chi connectivity index (χ4n) is 2.24. The zero-order valence-corrected chi connectivity index (χ0v) is 11.8. The van der Waals surface area contributed by atoms with Gasteiger partial charge >= 0.3 is 0 Å². The van der Waals surface area contributed by atoms with Gasteiger partial charge in [-0.3, -0.25) is 15.0 Å². The first-order valence-electron chi connectivity index (χ1n) is 6.91. The van der Waals surface area contributed by atoms with Crippen molar-refractivity contribution in [2.45, 2.75) is 6.42 Å². The highest BCUT2D eigenvalue weighted by Crippen LogP contribution is 2.27. The number of H-pyrrole nitrogens is 2. The Kier molecular flexibility index (Phi) is 3.86. The molecule has 112 valence electrons. The number of amides is 1. The van der Waals surface area contributed by atoms with Gasteiger partial charge in [0.15, 0.2) is 5.82 Å². The number of nitrogens with one attached hydrogen (secondary N) is 3. The second-order valence-corrected chi connectivity index (χ2v) is 4.84. The maximum absolute atomic E-state index is 12.3.